The molecular formula is C15H18O. The Morgan fingerprint density at radius 1 is 1.12 bits per heavy atom. The predicted molar refractivity (Wildman–Crippen MR) is 66.6 cm³/mol. The van der Waals surface area contributed by atoms with Crippen molar-refractivity contribution in [1.29, 1.82) is 0 Å². The van der Waals surface area contributed by atoms with Gasteiger partial charge in [-0.1, -0.05) is 29.8 Å². The van der Waals surface area contributed by atoms with Crippen LogP contribution in [0.15, 0.2) is 29.8 Å². The summed E-state index contributed by atoms with van der Waals surface area (Å²) in [5.74, 6) is 0.380. The highest BCUT2D eigenvalue weighted by atomic mass is 16.1. The van der Waals surface area contributed by atoms with E-state index in [0.717, 1.165) is 19.3 Å². The Morgan fingerprint density at radius 3 is 2.38 bits per heavy atom. The van der Waals surface area contributed by atoms with Crippen LogP contribution in [0.1, 0.15) is 36.0 Å². The van der Waals surface area contributed by atoms with Crippen LogP contribution in [0.5, 0.6) is 0 Å². The van der Waals surface area contributed by atoms with Crippen LogP contribution in [0.3, 0.4) is 0 Å². The van der Waals surface area contributed by atoms with Crippen LogP contribution in [0.2, 0.25) is 0 Å². The average Bonchev–Trinajstić information content (AvgIpc) is 2.26. The van der Waals surface area contributed by atoms with Gasteiger partial charge in [-0.3, -0.25) is 4.79 Å². The van der Waals surface area contributed by atoms with E-state index >= 15 is 0 Å². The molecule has 0 fully saturated rings. The van der Waals surface area contributed by atoms with Crippen molar-refractivity contribution in [3.05, 3.63) is 46.5 Å². The lowest BCUT2D eigenvalue weighted by Crippen LogP contribution is -2.06. The second-order valence-electron chi connectivity index (χ2n) is 4.65. The molecule has 0 amide bonds. The van der Waals surface area contributed by atoms with Crippen LogP contribution in [0.25, 0.3) is 0 Å². The van der Waals surface area contributed by atoms with E-state index in [1.807, 2.05) is 0 Å². The van der Waals surface area contributed by atoms with E-state index in [9.17, 15) is 4.79 Å². The molecule has 1 aliphatic rings. The number of benzene rings is 1. The van der Waals surface area contributed by atoms with Gasteiger partial charge >= 0.3 is 0 Å². The first kappa shape index (κ1) is 11.1. The minimum absolute atomic E-state index is 0.380. The molecule has 0 N–H and O–H groups in total. The number of hydrogen-bond donors (Lipinski definition) is 0. The Hall–Kier alpha value is -1.37. The number of aryl methyl sites for hydroxylation is 2. The molecule has 0 saturated heterocycles. The van der Waals surface area contributed by atoms with Crippen molar-refractivity contribution in [2.45, 2.75) is 39.5 Å². The maximum Gasteiger partial charge on any atom is 0.136 e. The second kappa shape index (κ2) is 4.65. The van der Waals surface area contributed by atoms with Gasteiger partial charge < -0.3 is 0 Å². The van der Waals surface area contributed by atoms with Crippen LogP contribution in [0, 0.1) is 13.8 Å². The van der Waals surface area contributed by atoms with Gasteiger partial charge in [-0.25, -0.2) is 0 Å². The van der Waals surface area contributed by atoms with Crippen molar-refractivity contribution in [1.82, 2.24) is 0 Å². The summed E-state index contributed by atoms with van der Waals surface area (Å²) >= 11 is 0. The Labute approximate surface area is 97.2 Å². The average molecular weight is 214 g/mol. The molecule has 0 aromatic heterocycles. The summed E-state index contributed by atoms with van der Waals surface area (Å²) in [4.78, 5) is 11.2. The molecule has 0 heterocycles. The number of hydrogen-bond acceptors (Lipinski definition) is 1. The zero-order valence-corrected chi connectivity index (χ0v) is 10.0. The maximum absolute atomic E-state index is 11.2. The highest BCUT2D eigenvalue weighted by molar-refractivity contribution is 5.81. The molecule has 0 unspecified atom stereocenters. The molecular weight excluding hydrogens is 196 g/mol. The number of carbonyl (C=O) groups excluding carboxylic acids is 1. The SMILES string of the molecule is Cc1cccc(C)c1CC1=CCC(=O)CC1. The molecule has 0 atom stereocenters. The second-order valence-corrected chi connectivity index (χ2v) is 4.65. The third kappa shape index (κ3) is 2.41. The standard InChI is InChI=1S/C15H18O/c1-11-4-3-5-12(2)15(11)10-13-6-8-14(16)9-7-13/h3-6H,7-10H2,1-2H3. The molecule has 84 valence electrons. The van der Waals surface area contributed by atoms with Gasteiger partial charge in [0, 0.05) is 12.8 Å². The number of ketones is 1. The van der Waals surface area contributed by atoms with E-state index in [4.69, 9.17) is 0 Å². The molecule has 1 aromatic carbocycles. The van der Waals surface area contributed by atoms with E-state index in [0.29, 0.717) is 12.2 Å². The Bertz CT molecular complexity index is 420. The third-order valence-electron chi connectivity index (χ3n) is 3.39. The summed E-state index contributed by atoms with van der Waals surface area (Å²) in [6, 6.07) is 6.43. The lowest BCUT2D eigenvalue weighted by Gasteiger charge is -2.15. The molecule has 0 radical (unpaired) electrons. The minimum Gasteiger partial charge on any atom is -0.299 e. The third-order valence-corrected chi connectivity index (χ3v) is 3.39. The fourth-order valence-corrected chi connectivity index (χ4v) is 2.28. The Balaban J connectivity index is 2.18. The van der Waals surface area contributed by atoms with Gasteiger partial charge in [0.25, 0.3) is 0 Å². The van der Waals surface area contributed by atoms with Gasteiger partial charge in [0.05, 0.1) is 0 Å². The smallest absolute Gasteiger partial charge is 0.136 e. The van der Waals surface area contributed by atoms with Crippen LogP contribution >= 0.6 is 0 Å². The first-order valence-corrected chi connectivity index (χ1v) is 5.91. The number of allylic oxidation sites excluding steroid dienone is 2. The largest absolute Gasteiger partial charge is 0.299 e. The fourth-order valence-electron chi connectivity index (χ4n) is 2.28. The van der Waals surface area contributed by atoms with Crippen molar-refractivity contribution in [3.63, 3.8) is 0 Å². The molecule has 1 aliphatic carbocycles. The van der Waals surface area contributed by atoms with Crippen LogP contribution in [0.4, 0.5) is 0 Å². The maximum atomic E-state index is 11.2. The van der Waals surface area contributed by atoms with Crippen molar-refractivity contribution >= 4 is 5.78 Å². The Kier molecular flexibility index (Phi) is 3.23. The number of rotatable bonds is 2. The minimum atomic E-state index is 0.380. The molecule has 0 bridgehead atoms. The van der Waals surface area contributed by atoms with Gasteiger partial charge in [-0.05, 0) is 43.4 Å². The lowest BCUT2D eigenvalue weighted by atomic mass is 9.90. The van der Waals surface area contributed by atoms with Crippen molar-refractivity contribution in [2.24, 2.45) is 0 Å². The summed E-state index contributed by atoms with van der Waals surface area (Å²) in [6.07, 6.45) is 5.47. The molecule has 0 saturated carbocycles. The van der Waals surface area contributed by atoms with Crippen LogP contribution in [-0.2, 0) is 11.2 Å². The van der Waals surface area contributed by atoms with E-state index in [2.05, 4.69) is 38.1 Å². The lowest BCUT2D eigenvalue weighted by molar-refractivity contribution is -0.118. The normalized spacial score (nSPS) is 16.1. The van der Waals surface area contributed by atoms with Gasteiger partial charge in [0.15, 0.2) is 0 Å². The quantitative estimate of drug-likeness (QED) is 0.688. The van der Waals surface area contributed by atoms with Crippen molar-refractivity contribution in [2.75, 3.05) is 0 Å². The number of Topliss-reactive ketones (excluding diaryl/α,β-unsaturated/α-hetero) is 1. The molecule has 2 rings (SSSR count). The fraction of sp³-hybridized carbons (Fsp3) is 0.400. The molecule has 0 spiro atoms. The van der Waals surface area contributed by atoms with Crippen LogP contribution < -0.4 is 0 Å². The topological polar surface area (TPSA) is 17.1 Å². The van der Waals surface area contributed by atoms with Gasteiger partial charge in [-0.2, -0.15) is 0 Å². The highest BCUT2D eigenvalue weighted by Gasteiger charge is 2.12. The van der Waals surface area contributed by atoms with E-state index in [-0.39, 0.29) is 0 Å². The van der Waals surface area contributed by atoms with E-state index in [1.165, 1.54) is 22.3 Å². The van der Waals surface area contributed by atoms with Gasteiger partial charge in [0.2, 0.25) is 0 Å². The summed E-state index contributed by atoms with van der Waals surface area (Å²) < 4.78 is 0. The first-order valence-electron chi connectivity index (χ1n) is 5.91. The van der Waals surface area contributed by atoms with E-state index in [1.54, 1.807) is 0 Å². The zero-order chi connectivity index (χ0) is 11.5. The van der Waals surface area contributed by atoms with Crippen molar-refractivity contribution in [3.8, 4) is 0 Å². The van der Waals surface area contributed by atoms with Crippen molar-refractivity contribution < 1.29 is 4.79 Å². The predicted octanol–water partition coefficient (Wildman–Crippen LogP) is 3.53. The molecule has 16 heavy (non-hydrogen) atoms. The van der Waals surface area contributed by atoms with E-state index < -0.39 is 0 Å². The van der Waals surface area contributed by atoms with Gasteiger partial charge in [-0.15, -0.1) is 0 Å². The summed E-state index contributed by atoms with van der Waals surface area (Å²) in [5.41, 5.74) is 5.58. The summed E-state index contributed by atoms with van der Waals surface area (Å²) in [7, 11) is 0. The molecule has 1 nitrogen and oxygen atoms in total. The highest BCUT2D eigenvalue weighted by Crippen LogP contribution is 2.23. The van der Waals surface area contributed by atoms with Crippen LogP contribution in [-0.4, -0.2) is 5.78 Å². The Morgan fingerprint density at radius 2 is 1.81 bits per heavy atom. The monoisotopic (exact) mass is 214 g/mol. The first-order chi connectivity index (χ1) is 7.66. The van der Waals surface area contributed by atoms with Gasteiger partial charge in [0.1, 0.15) is 5.78 Å². The summed E-state index contributed by atoms with van der Waals surface area (Å²) in [6.45, 7) is 4.33. The molecule has 1 heteroatoms. The molecule has 0 aliphatic heterocycles. The summed E-state index contributed by atoms with van der Waals surface area (Å²) in [5, 5.41) is 0. The molecule has 1 aromatic rings. The zero-order valence-electron chi connectivity index (χ0n) is 10.0. The number of carbonyl (C=O) groups is 1.